The van der Waals surface area contributed by atoms with Gasteiger partial charge in [0.2, 0.25) is 0 Å². The fourth-order valence-corrected chi connectivity index (χ4v) is 2.36. The van der Waals surface area contributed by atoms with Crippen LogP contribution in [0.15, 0.2) is 35.3 Å². The molecule has 158 valence electrons. The van der Waals surface area contributed by atoms with E-state index in [0.29, 0.717) is 32.1 Å². The molecule has 0 bridgehead atoms. The number of aliphatic imine (C=N–C) groups is 1. The van der Waals surface area contributed by atoms with Crippen LogP contribution in [0, 0.1) is 6.92 Å². The first-order chi connectivity index (χ1) is 13.7. The number of alkyl carbamates (subject to hydrolysis) is 1. The Kier molecular flexibility index (Phi) is 7.99. The van der Waals surface area contributed by atoms with Crippen LogP contribution in [0.3, 0.4) is 0 Å². The number of nitrogens with one attached hydrogen (secondary N) is 3. The molecule has 0 saturated carbocycles. The summed E-state index contributed by atoms with van der Waals surface area (Å²) in [6.45, 7) is 9.32. The van der Waals surface area contributed by atoms with Crippen LogP contribution in [0.1, 0.15) is 38.0 Å². The number of aryl methyl sites for hydroxylation is 1. The molecule has 1 aromatic carbocycles. The van der Waals surface area contributed by atoms with Gasteiger partial charge in [-0.3, -0.25) is 0 Å². The van der Waals surface area contributed by atoms with Crippen LogP contribution in [-0.2, 0) is 24.9 Å². The predicted molar refractivity (Wildman–Crippen MR) is 112 cm³/mol. The molecular weight excluding hydrogens is 370 g/mol. The average molecular weight is 402 g/mol. The molecule has 2 rings (SSSR count). The van der Waals surface area contributed by atoms with E-state index in [-0.39, 0.29) is 0 Å². The Bertz CT molecular complexity index is 810. The van der Waals surface area contributed by atoms with Crippen molar-refractivity contribution in [2.24, 2.45) is 12.0 Å². The summed E-state index contributed by atoms with van der Waals surface area (Å²) in [7, 11) is 1.92. The summed E-state index contributed by atoms with van der Waals surface area (Å²) in [6.07, 6.45) is -0.440. The molecule has 0 fully saturated rings. The summed E-state index contributed by atoms with van der Waals surface area (Å²) >= 11 is 0. The van der Waals surface area contributed by atoms with Gasteiger partial charge in [-0.1, -0.05) is 30.3 Å². The van der Waals surface area contributed by atoms with Crippen LogP contribution in [0.4, 0.5) is 4.79 Å². The first-order valence-electron chi connectivity index (χ1n) is 9.62. The number of carbonyl (C=O) groups excluding carboxylic acids is 1. The van der Waals surface area contributed by atoms with Gasteiger partial charge >= 0.3 is 6.09 Å². The highest BCUT2D eigenvalue weighted by atomic mass is 16.6. The Balaban J connectivity index is 1.89. The van der Waals surface area contributed by atoms with Crippen LogP contribution in [-0.4, -0.2) is 45.5 Å². The van der Waals surface area contributed by atoms with Gasteiger partial charge in [-0.05, 0) is 33.3 Å². The van der Waals surface area contributed by atoms with E-state index >= 15 is 0 Å². The maximum Gasteiger partial charge on any atom is 0.407 e. The van der Waals surface area contributed by atoms with E-state index in [1.54, 1.807) is 0 Å². The molecule has 0 aliphatic heterocycles. The van der Waals surface area contributed by atoms with Crippen molar-refractivity contribution >= 4 is 12.1 Å². The molecule has 0 unspecified atom stereocenters. The van der Waals surface area contributed by atoms with Crippen molar-refractivity contribution in [3.63, 3.8) is 0 Å². The number of nitrogens with zero attached hydrogens (tertiary/aromatic N) is 4. The number of aromatic nitrogens is 3. The molecule has 1 amide bonds. The lowest BCUT2D eigenvalue weighted by Gasteiger charge is -2.20. The number of hydrogen-bond donors (Lipinski definition) is 3. The van der Waals surface area contributed by atoms with Crippen LogP contribution in [0.5, 0.6) is 0 Å². The number of amides is 1. The summed E-state index contributed by atoms with van der Waals surface area (Å²) in [6, 6.07) is 9.99. The summed E-state index contributed by atoms with van der Waals surface area (Å²) in [5.74, 6) is 2.28. The molecule has 0 saturated heterocycles. The molecular formula is C20H31N7O2. The minimum atomic E-state index is -0.518. The van der Waals surface area contributed by atoms with Crippen molar-refractivity contribution in [3.8, 4) is 0 Å². The van der Waals surface area contributed by atoms with Gasteiger partial charge in [0.25, 0.3) is 0 Å². The third-order valence-electron chi connectivity index (χ3n) is 3.94. The molecule has 0 radical (unpaired) electrons. The molecule has 2 aromatic rings. The minimum Gasteiger partial charge on any atom is -0.444 e. The molecule has 1 heterocycles. The standard InChI is InChI=1S/C20H31N7O2/c1-15-25-26-17(27(15)5)14-24-18(23-13-16-9-7-6-8-10-16)21-11-12-22-19(28)29-20(2,3)4/h6-10H,11-14H2,1-5H3,(H,22,28)(H2,21,23,24). The fraction of sp³-hybridized carbons (Fsp3) is 0.500. The van der Waals surface area contributed by atoms with Crippen molar-refractivity contribution in [1.29, 1.82) is 0 Å². The Morgan fingerprint density at radius 1 is 1.10 bits per heavy atom. The maximum absolute atomic E-state index is 11.7. The van der Waals surface area contributed by atoms with E-state index in [1.807, 2.05) is 69.6 Å². The first-order valence-corrected chi connectivity index (χ1v) is 9.62. The van der Waals surface area contributed by atoms with Gasteiger partial charge in [-0.2, -0.15) is 0 Å². The lowest BCUT2D eigenvalue weighted by atomic mass is 10.2. The number of ether oxygens (including phenoxy) is 1. The number of hydrogen-bond acceptors (Lipinski definition) is 5. The van der Waals surface area contributed by atoms with Crippen LogP contribution in [0.2, 0.25) is 0 Å². The highest BCUT2D eigenvalue weighted by Crippen LogP contribution is 2.06. The number of benzene rings is 1. The van der Waals surface area contributed by atoms with Crippen molar-refractivity contribution < 1.29 is 9.53 Å². The molecule has 29 heavy (non-hydrogen) atoms. The van der Waals surface area contributed by atoms with Crippen LogP contribution >= 0.6 is 0 Å². The summed E-state index contributed by atoms with van der Waals surface area (Å²) in [5, 5.41) is 17.4. The molecule has 0 spiro atoms. The highest BCUT2D eigenvalue weighted by molar-refractivity contribution is 5.79. The zero-order valence-corrected chi connectivity index (χ0v) is 17.8. The van der Waals surface area contributed by atoms with Gasteiger partial charge in [0.1, 0.15) is 11.4 Å². The van der Waals surface area contributed by atoms with Gasteiger partial charge < -0.3 is 25.3 Å². The van der Waals surface area contributed by atoms with Gasteiger partial charge in [0, 0.05) is 20.1 Å². The predicted octanol–water partition coefficient (Wildman–Crippen LogP) is 1.88. The third kappa shape index (κ3) is 8.20. The molecule has 9 nitrogen and oxygen atoms in total. The van der Waals surface area contributed by atoms with E-state index in [4.69, 9.17) is 4.74 Å². The molecule has 0 atom stereocenters. The second kappa shape index (κ2) is 10.4. The summed E-state index contributed by atoms with van der Waals surface area (Å²) in [4.78, 5) is 16.4. The normalized spacial score (nSPS) is 11.8. The quantitative estimate of drug-likeness (QED) is 0.372. The van der Waals surface area contributed by atoms with Crippen molar-refractivity contribution in [2.75, 3.05) is 13.1 Å². The van der Waals surface area contributed by atoms with E-state index in [1.165, 1.54) is 0 Å². The Morgan fingerprint density at radius 2 is 1.79 bits per heavy atom. The topological polar surface area (TPSA) is 105 Å². The van der Waals surface area contributed by atoms with Gasteiger partial charge in [0.05, 0.1) is 13.1 Å². The summed E-state index contributed by atoms with van der Waals surface area (Å²) in [5.41, 5.74) is 0.588. The second-order valence-electron chi connectivity index (χ2n) is 7.58. The monoisotopic (exact) mass is 401 g/mol. The van der Waals surface area contributed by atoms with E-state index < -0.39 is 11.7 Å². The van der Waals surface area contributed by atoms with Crippen molar-refractivity contribution in [1.82, 2.24) is 30.7 Å². The first kappa shape index (κ1) is 22.2. The highest BCUT2D eigenvalue weighted by Gasteiger charge is 2.15. The zero-order valence-electron chi connectivity index (χ0n) is 17.8. The average Bonchev–Trinajstić information content (AvgIpc) is 2.98. The second-order valence-corrected chi connectivity index (χ2v) is 7.58. The zero-order chi connectivity index (χ0) is 21.3. The smallest absolute Gasteiger partial charge is 0.407 e. The lowest BCUT2D eigenvalue weighted by molar-refractivity contribution is 0.0529. The van der Waals surface area contributed by atoms with Crippen molar-refractivity contribution in [3.05, 3.63) is 47.5 Å². The number of guanidine groups is 1. The van der Waals surface area contributed by atoms with Crippen molar-refractivity contribution in [2.45, 2.75) is 46.4 Å². The van der Waals surface area contributed by atoms with Crippen LogP contribution in [0.25, 0.3) is 0 Å². The minimum absolute atomic E-state index is 0.407. The van der Waals surface area contributed by atoms with E-state index in [0.717, 1.165) is 17.2 Å². The molecule has 9 heteroatoms. The molecule has 3 N–H and O–H groups in total. The Labute approximate surface area is 172 Å². The lowest BCUT2D eigenvalue weighted by Crippen LogP contribution is -2.42. The third-order valence-corrected chi connectivity index (χ3v) is 3.94. The number of carbonyl (C=O) groups is 1. The maximum atomic E-state index is 11.7. The number of rotatable bonds is 7. The van der Waals surface area contributed by atoms with Gasteiger partial charge in [0.15, 0.2) is 11.8 Å². The fourth-order valence-electron chi connectivity index (χ4n) is 2.36. The SMILES string of the molecule is Cc1nnc(CNC(=NCc2ccccc2)NCCNC(=O)OC(C)(C)C)n1C. The Hall–Kier alpha value is -3.10. The molecule has 1 aromatic heterocycles. The van der Waals surface area contributed by atoms with E-state index in [9.17, 15) is 4.79 Å². The summed E-state index contributed by atoms with van der Waals surface area (Å²) < 4.78 is 7.15. The van der Waals surface area contributed by atoms with E-state index in [2.05, 4.69) is 31.1 Å². The Morgan fingerprint density at radius 3 is 2.41 bits per heavy atom. The van der Waals surface area contributed by atoms with Gasteiger partial charge in [-0.25, -0.2) is 9.79 Å². The van der Waals surface area contributed by atoms with Gasteiger partial charge in [-0.15, -0.1) is 10.2 Å². The largest absolute Gasteiger partial charge is 0.444 e. The molecule has 0 aliphatic carbocycles. The molecule has 0 aliphatic rings. The van der Waals surface area contributed by atoms with Crippen LogP contribution < -0.4 is 16.0 Å².